The quantitative estimate of drug-likeness (QED) is 0.885. The second kappa shape index (κ2) is 4.94. The molecule has 0 aliphatic rings. The first kappa shape index (κ1) is 12.8. The largest absolute Gasteiger partial charge is 0.478 e. The summed E-state index contributed by atoms with van der Waals surface area (Å²) >= 11 is 0. The van der Waals surface area contributed by atoms with Crippen LogP contribution in [0.3, 0.4) is 0 Å². The summed E-state index contributed by atoms with van der Waals surface area (Å²) in [5.41, 5.74) is 1.82. The summed E-state index contributed by atoms with van der Waals surface area (Å²) in [4.78, 5) is 22.3. The van der Waals surface area contributed by atoms with E-state index in [0.29, 0.717) is 11.1 Å². The highest BCUT2D eigenvalue weighted by Crippen LogP contribution is 2.27. The topological polar surface area (TPSA) is 74.6 Å². The molecule has 0 saturated heterocycles. The van der Waals surface area contributed by atoms with E-state index in [2.05, 4.69) is 0 Å². The molecule has 0 saturated carbocycles. The molecule has 0 aliphatic heterocycles. The summed E-state index contributed by atoms with van der Waals surface area (Å²) in [7, 11) is 0. The maximum Gasteiger partial charge on any atom is 0.336 e. The van der Waals surface area contributed by atoms with Gasteiger partial charge in [0.25, 0.3) is 0 Å². The molecule has 0 atom stereocenters. The van der Waals surface area contributed by atoms with Gasteiger partial charge in [-0.2, -0.15) is 0 Å². The number of rotatable bonds is 3. The summed E-state index contributed by atoms with van der Waals surface area (Å²) < 4.78 is 0. The molecule has 0 heterocycles. The fourth-order valence-corrected chi connectivity index (χ4v) is 1.97. The lowest BCUT2D eigenvalue weighted by Gasteiger charge is -2.10. The minimum Gasteiger partial charge on any atom is -0.478 e. The number of benzene rings is 2. The number of carboxylic acids is 2. The molecule has 0 spiro atoms. The monoisotopic (exact) mass is 256 g/mol. The van der Waals surface area contributed by atoms with Crippen molar-refractivity contribution >= 4 is 11.9 Å². The van der Waals surface area contributed by atoms with Crippen molar-refractivity contribution in [3.05, 3.63) is 59.2 Å². The first-order valence-corrected chi connectivity index (χ1v) is 5.67. The van der Waals surface area contributed by atoms with Crippen LogP contribution in [0.15, 0.2) is 42.5 Å². The number of hydrogen-bond donors (Lipinski definition) is 2. The molecule has 19 heavy (non-hydrogen) atoms. The lowest BCUT2D eigenvalue weighted by atomic mass is 9.94. The number of carbonyl (C=O) groups is 2. The van der Waals surface area contributed by atoms with Crippen LogP contribution in [0.1, 0.15) is 26.3 Å². The zero-order valence-electron chi connectivity index (χ0n) is 10.3. The van der Waals surface area contributed by atoms with Crippen molar-refractivity contribution in [1.82, 2.24) is 0 Å². The van der Waals surface area contributed by atoms with Gasteiger partial charge in [0.1, 0.15) is 0 Å². The van der Waals surface area contributed by atoms with Crippen LogP contribution in [0, 0.1) is 6.92 Å². The Morgan fingerprint density at radius 3 is 2.00 bits per heavy atom. The predicted octanol–water partition coefficient (Wildman–Crippen LogP) is 3.06. The van der Waals surface area contributed by atoms with Crippen molar-refractivity contribution in [3.8, 4) is 11.1 Å². The molecular weight excluding hydrogens is 244 g/mol. The average molecular weight is 256 g/mol. The summed E-state index contributed by atoms with van der Waals surface area (Å²) in [5.74, 6) is -2.26. The zero-order chi connectivity index (χ0) is 14.0. The van der Waals surface area contributed by atoms with Crippen LogP contribution in [-0.2, 0) is 0 Å². The van der Waals surface area contributed by atoms with Crippen LogP contribution in [-0.4, -0.2) is 22.2 Å². The van der Waals surface area contributed by atoms with Crippen molar-refractivity contribution in [2.75, 3.05) is 0 Å². The predicted molar refractivity (Wildman–Crippen MR) is 70.5 cm³/mol. The maximum atomic E-state index is 11.3. The fourth-order valence-electron chi connectivity index (χ4n) is 1.97. The Bertz CT molecular complexity index is 645. The molecule has 0 fully saturated rings. The number of hydrogen-bond acceptors (Lipinski definition) is 2. The molecule has 0 radical (unpaired) electrons. The molecule has 0 bridgehead atoms. The Hall–Kier alpha value is -2.62. The molecule has 0 amide bonds. The third-order valence-electron chi connectivity index (χ3n) is 2.91. The van der Waals surface area contributed by atoms with Gasteiger partial charge in [-0.25, -0.2) is 9.59 Å². The lowest BCUT2D eigenvalue weighted by Crippen LogP contribution is -2.06. The van der Waals surface area contributed by atoms with Crippen molar-refractivity contribution in [2.45, 2.75) is 6.92 Å². The third-order valence-corrected chi connectivity index (χ3v) is 2.91. The van der Waals surface area contributed by atoms with Crippen LogP contribution in [0.5, 0.6) is 0 Å². The van der Waals surface area contributed by atoms with E-state index in [4.69, 9.17) is 5.11 Å². The first-order valence-electron chi connectivity index (χ1n) is 5.67. The minimum absolute atomic E-state index is 0.00537. The van der Waals surface area contributed by atoms with Crippen LogP contribution in [0.2, 0.25) is 0 Å². The Balaban J connectivity index is 2.71. The maximum absolute atomic E-state index is 11.3. The van der Waals surface area contributed by atoms with Crippen LogP contribution in [0.4, 0.5) is 0 Å². The summed E-state index contributed by atoms with van der Waals surface area (Å²) in [6.45, 7) is 1.65. The molecule has 4 heteroatoms. The Morgan fingerprint density at radius 2 is 1.47 bits per heavy atom. The van der Waals surface area contributed by atoms with Gasteiger partial charge in [-0.3, -0.25) is 0 Å². The number of aryl methyl sites for hydroxylation is 1. The van der Waals surface area contributed by atoms with E-state index in [1.807, 2.05) is 6.07 Å². The van der Waals surface area contributed by atoms with E-state index in [-0.39, 0.29) is 11.1 Å². The number of aromatic carboxylic acids is 2. The van der Waals surface area contributed by atoms with Gasteiger partial charge in [0, 0.05) is 0 Å². The zero-order valence-corrected chi connectivity index (χ0v) is 10.3. The third kappa shape index (κ3) is 2.47. The molecule has 2 aromatic rings. The smallest absolute Gasteiger partial charge is 0.336 e. The van der Waals surface area contributed by atoms with E-state index >= 15 is 0 Å². The van der Waals surface area contributed by atoms with Crippen LogP contribution < -0.4 is 0 Å². The van der Waals surface area contributed by atoms with Gasteiger partial charge in [-0.05, 0) is 35.7 Å². The average Bonchev–Trinajstić information content (AvgIpc) is 2.38. The van der Waals surface area contributed by atoms with Crippen molar-refractivity contribution < 1.29 is 19.8 Å². The van der Waals surface area contributed by atoms with Crippen molar-refractivity contribution in [2.24, 2.45) is 0 Å². The molecular formula is C15H12O4. The summed E-state index contributed by atoms with van der Waals surface area (Å²) in [6.07, 6.45) is 0. The molecule has 2 aromatic carbocycles. The number of carboxylic acid groups (broad SMARTS) is 2. The van der Waals surface area contributed by atoms with Gasteiger partial charge < -0.3 is 10.2 Å². The van der Waals surface area contributed by atoms with E-state index in [1.165, 1.54) is 6.07 Å². The highest BCUT2D eigenvalue weighted by atomic mass is 16.4. The van der Waals surface area contributed by atoms with Gasteiger partial charge in [0.2, 0.25) is 0 Å². The Morgan fingerprint density at radius 1 is 0.895 bits per heavy atom. The lowest BCUT2D eigenvalue weighted by molar-refractivity contribution is 0.0695. The van der Waals surface area contributed by atoms with Gasteiger partial charge in [-0.15, -0.1) is 0 Å². The van der Waals surface area contributed by atoms with Crippen molar-refractivity contribution in [1.29, 1.82) is 0 Å². The summed E-state index contributed by atoms with van der Waals surface area (Å²) in [5, 5.41) is 18.3. The highest BCUT2D eigenvalue weighted by molar-refractivity contribution is 6.00. The molecule has 4 nitrogen and oxygen atoms in total. The van der Waals surface area contributed by atoms with Gasteiger partial charge >= 0.3 is 11.9 Å². The van der Waals surface area contributed by atoms with E-state index < -0.39 is 11.9 Å². The van der Waals surface area contributed by atoms with Crippen LogP contribution >= 0.6 is 0 Å². The van der Waals surface area contributed by atoms with E-state index in [1.54, 1.807) is 37.3 Å². The fraction of sp³-hybridized carbons (Fsp3) is 0.0667. The Labute approximate surface area is 109 Å². The highest BCUT2D eigenvalue weighted by Gasteiger charge is 2.17. The molecule has 0 aliphatic carbocycles. The minimum atomic E-state index is -1.14. The van der Waals surface area contributed by atoms with E-state index in [0.717, 1.165) is 5.56 Å². The first-order chi connectivity index (χ1) is 9.00. The Kier molecular flexibility index (Phi) is 3.33. The second-order valence-electron chi connectivity index (χ2n) is 4.19. The normalized spacial score (nSPS) is 10.2. The van der Waals surface area contributed by atoms with Gasteiger partial charge in [0.05, 0.1) is 11.1 Å². The van der Waals surface area contributed by atoms with Crippen LogP contribution in [0.25, 0.3) is 11.1 Å². The standard InChI is InChI=1S/C15H12O4/c1-9-7-12(10-5-3-2-4-6-10)13(15(18)19)8-11(9)14(16)17/h2-8H,1H3,(H,16,17)(H,18,19). The molecule has 2 rings (SSSR count). The molecule has 2 N–H and O–H groups in total. The molecule has 0 aromatic heterocycles. The van der Waals surface area contributed by atoms with E-state index in [9.17, 15) is 14.7 Å². The molecule has 0 unspecified atom stereocenters. The second-order valence-corrected chi connectivity index (χ2v) is 4.19. The van der Waals surface area contributed by atoms with Gasteiger partial charge in [0.15, 0.2) is 0 Å². The molecule has 96 valence electrons. The summed E-state index contributed by atoms with van der Waals surface area (Å²) in [6, 6.07) is 11.8. The SMILES string of the molecule is Cc1cc(-c2ccccc2)c(C(=O)O)cc1C(=O)O. The van der Waals surface area contributed by atoms with Gasteiger partial charge in [-0.1, -0.05) is 30.3 Å². The van der Waals surface area contributed by atoms with Crippen molar-refractivity contribution in [3.63, 3.8) is 0 Å².